The molecule has 5 heteroatoms. The topological polar surface area (TPSA) is 0 Å². The van der Waals surface area contributed by atoms with E-state index in [0.29, 0.717) is 0 Å². The average Bonchev–Trinajstić information content (AvgIpc) is 0. The van der Waals surface area contributed by atoms with Gasteiger partial charge >= 0.3 is 68.9 Å². The molecule has 0 nitrogen and oxygen atoms in total. The molecule has 0 bridgehead atoms. The van der Waals surface area contributed by atoms with Crippen molar-refractivity contribution in [1.29, 1.82) is 0 Å². The van der Waals surface area contributed by atoms with E-state index in [9.17, 15) is 0 Å². The fraction of sp³-hybridized carbons (Fsp3) is 0. The zero-order valence-corrected chi connectivity index (χ0v) is 9.88. The minimum Gasteiger partial charge on any atom is -1.00 e. The second-order valence-corrected chi connectivity index (χ2v) is 0. The van der Waals surface area contributed by atoms with Crippen molar-refractivity contribution in [3.63, 3.8) is 0 Å². The zero-order valence-electron chi connectivity index (χ0n) is 3.56. The molecule has 5 heavy (non-hydrogen) atoms. The molecule has 0 aromatic heterocycles. The smallest absolute Gasteiger partial charge is 1.00 e. The summed E-state index contributed by atoms with van der Waals surface area (Å²) in [7, 11) is 0. The van der Waals surface area contributed by atoms with Crippen LogP contribution in [0.2, 0.25) is 0 Å². The van der Waals surface area contributed by atoms with Crippen LogP contribution in [0.15, 0.2) is 0 Å². The fourth-order valence-corrected chi connectivity index (χ4v) is 0. The van der Waals surface area contributed by atoms with Crippen LogP contribution in [0.25, 0.3) is 0 Å². The van der Waals surface area contributed by atoms with Gasteiger partial charge in [0, 0.05) is 16.8 Å². The Bertz CT molecular complexity index is 10.8. The summed E-state index contributed by atoms with van der Waals surface area (Å²) in [6.07, 6.45) is 0. The van der Waals surface area contributed by atoms with E-state index in [0.717, 1.165) is 0 Å². The molecule has 0 unspecified atom stereocenters. The van der Waals surface area contributed by atoms with Gasteiger partial charge in [0.2, 0.25) is 0 Å². The van der Waals surface area contributed by atoms with Gasteiger partial charge in [-0.15, -0.1) is 0 Å². The summed E-state index contributed by atoms with van der Waals surface area (Å²) in [5.41, 5.74) is 0. The monoisotopic (exact) mass is 253 g/mol. The Labute approximate surface area is 98.7 Å². The van der Waals surface area contributed by atoms with Crippen molar-refractivity contribution >= 4 is 0 Å². The van der Waals surface area contributed by atoms with E-state index in [1.54, 1.807) is 0 Å². The molecular weight excluding hydrogens is 249 g/mol. The van der Waals surface area contributed by atoms with Gasteiger partial charge < -0.3 is 1.43 Å². The second kappa shape index (κ2) is 32.9. The third-order valence-corrected chi connectivity index (χ3v) is 0. The van der Waals surface area contributed by atoms with E-state index in [2.05, 4.69) is 0 Å². The van der Waals surface area contributed by atoms with Gasteiger partial charge in [0.05, 0.1) is 0 Å². The molecule has 35 valence electrons. The van der Waals surface area contributed by atoms with E-state index < -0.39 is 0 Å². The molecule has 0 aromatic carbocycles. The average molecular weight is 253 g/mol. The summed E-state index contributed by atoms with van der Waals surface area (Å²) in [6, 6.07) is 0. The van der Waals surface area contributed by atoms with Crippen LogP contribution in [0.5, 0.6) is 0 Å². The van der Waals surface area contributed by atoms with Crippen LogP contribution < -0.4 is 68.9 Å². The summed E-state index contributed by atoms with van der Waals surface area (Å²) in [6.45, 7) is 0. The number of halogens is 3. The van der Waals surface area contributed by atoms with E-state index in [-0.39, 0.29) is 101 Å². The van der Waals surface area contributed by atoms with Crippen LogP contribution in [0, 0.1) is 0 Å². The van der Waals surface area contributed by atoms with Crippen molar-refractivity contribution in [3.8, 4) is 0 Å². The van der Waals surface area contributed by atoms with Crippen molar-refractivity contribution in [3.05, 3.63) is 0 Å². The molecule has 0 aliphatic heterocycles. The Hall–Kier alpha value is 2.35. The largest absolute Gasteiger partial charge is 1.00 e. The first kappa shape index (κ1) is 53.7. The normalized spacial score (nSPS) is 0. The summed E-state index contributed by atoms with van der Waals surface area (Å²) < 4.78 is 0. The van der Waals surface area contributed by atoms with E-state index in [1.165, 1.54) is 0 Å². The van der Waals surface area contributed by atoms with Crippen LogP contribution >= 0.6 is 0 Å². The third-order valence-electron chi connectivity index (χ3n) is 0. The van der Waals surface area contributed by atoms with Crippen LogP contribution in [-0.2, 0) is 16.8 Å². The molecule has 0 aliphatic carbocycles. The summed E-state index contributed by atoms with van der Waals surface area (Å²) >= 11 is 0. The van der Waals surface area contributed by atoms with Crippen molar-refractivity contribution < 1.29 is 101 Å². The Morgan fingerprint density at radius 2 is 0.800 bits per heavy atom. The van der Waals surface area contributed by atoms with Gasteiger partial charge in [-0.25, -0.2) is 0 Å². The van der Waals surface area contributed by atoms with Gasteiger partial charge in [0.25, 0.3) is 0 Å². The van der Waals surface area contributed by atoms with Crippen molar-refractivity contribution in [2.24, 2.45) is 0 Å². The third kappa shape index (κ3) is 21.8. The van der Waals surface area contributed by atoms with E-state index >= 15 is 0 Å². The SMILES string of the molecule is F.F.F.[Co].[Cs+].[H-]. The minimum atomic E-state index is 0. The first-order valence-electron chi connectivity index (χ1n) is 0. The number of hydrogen-bond donors (Lipinski definition) is 0. The van der Waals surface area contributed by atoms with Crippen LogP contribution in [0.3, 0.4) is 0 Å². The van der Waals surface area contributed by atoms with Crippen molar-refractivity contribution in [2.45, 2.75) is 0 Å². The first-order valence-corrected chi connectivity index (χ1v) is 0. The van der Waals surface area contributed by atoms with Crippen LogP contribution in [-0.4, -0.2) is 0 Å². The summed E-state index contributed by atoms with van der Waals surface area (Å²) in [4.78, 5) is 0. The first-order chi connectivity index (χ1) is 0. The maximum atomic E-state index is 0. The quantitative estimate of drug-likeness (QED) is 0.450. The molecule has 0 fully saturated rings. The van der Waals surface area contributed by atoms with Gasteiger partial charge in [-0.3, -0.25) is 14.1 Å². The minimum absolute atomic E-state index is 0. The molecule has 0 saturated carbocycles. The maximum absolute atomic E-state index is 0. The Morgan fingerprint density at radius 3 is 0.800 bits per heavy atom. The number of hydrogen-bond acceptors (Lipinski definition) is 0. The second-order valence-electron chi connectivity index (χ2n) is 0. The van der Waals surface area contributed by atoms with Gasteiger partial charge in [0.1, 0.15) is 0 Å². The Balaban J connectivity index is 0. The van der Waals surface area contributed by atoms with Gasteiger partial charge in [-0.2, -0.15) is 0 Å². The molecule has 0 N–H and O–H groups in total. The van der Waals surface area contributed by atoms with Gasteiger partial charge in [0.15, 0.2) is 0 Å². The van der Waals surface area contributed by atoms with Crippen LogP contribution in [0.4, 0.5) is 14.1 Å². The summed E-state index contributed by atoms with van der Waals surface area (Å²) in [5.74, 6) is 0. The molecule has 0 spiro atoms. The molecule has 0 aliphatic rings. The molecule has 0 saturated heterocycles. The maximum Gasteiger partial charge on any atom is 1.00 e. The molecule has 1 radical (unpaired) electrons. The fourth-order valence-electron chi connectivity index (χ4n) is 0. The summed E-state index contributed by atoms with van der Waals surface area (Å²) in [5, 5.41) is 0. The van der Waals surface area contributed by atoms with E-state index in [1.807, 2.05) is 0 Å². The Morgan fingerprint density at radius 1 is 0.800 bits per heavy atom. The predicted octanol–water partition coefficient (Wildman–Crippen LogP) is -2.43. The molecule has 0 aromatic rings. The van der Waals surface area contributed by atoms with Crippen LogP contribution in [0.1, 0.15) is 1.43 Å². The standard InChI is InChI=1S/Co.Cs.3FH.H/h;;3*1H;/q;+1;;;;-1. The van der Waals surface area contributed by atoms with Crippen molar-refractivity contribution in [1.82, 2.24) is 0 Å². The molecular formula is H4CoCsF3. The van der Waals surface area contributed by atoms with Gasteiger partial charge in [-0.05, 0) is 0 Å². The Kier molecular flexibility index (Phi) is 354. The molecule has 0 amide bonds. The molecule has 0 atom stereocenters. The van der Waals surface area contributed by atoms with Crippen molar-refractivity contribution in [2.75, 3.05) is 0 Å². The van der Waals surface area contributed by atoms with E-state index in [4.69, 9.17) is 0 Å². The number of rotatable bonds is 0. The molecule has 0 rings (SSSR count). The zero-order chi connectivity index (χ0) is 0. The van der Waals surface area contributed by atoms with Gasteiger partial charge in [-0.1, -0.05) is 0 Å². The molecule has 0 heterocycles. The predicted molar refractivity (Wildman–Crippen MR) is 8.62 cm³/mol.